The van der Waals surface area contributed by atoms with Crippen molar-refractivity contribution in [2.75, 3.05) is 13.1 Å². The van der Waals surface area contributed by atoms with E-state index in [1.807, 2.05) is 80.8 Å². The van der Waals surface area contributed by atoms with Crippen molar-refractivity contribution in [1.29, 1.82) is 0 Å². The molecule has 6 heteroatoms. The predicted molar refractivity (Wildman–Crippen MR) is 114 cm³/mol. The second kappa shape index (κ2) is 12.0. The number of hydrogen-bond acceptors (Lipinski definition) is 5. The van der Waals surface area contributed by atoms with Gasteiger partial charge in [0.05, 0.1) is 22.8 Å². The molecule has 0 spiro atoms. The van der Waals surface area contributed by atoms with Crippen LogP contribution in [0.4, 0.5) is 0 Å². The average molecular weight is 427 g/mol. The quantitative estimate of drug-likeness (QED) is 0.404. The van der Waals surface area contributed by atoms with Crippen LogP contribution in [0.1, 0.15) is 36.6 Å². The number of aromatic nitrogens is 3. The fraction of sp³-hybridized carbons (Fsp3) is 0.261. The Morgan fingerprint density at radius 3 is 1.59 bits per heavy atom. The van der Waals surface area contributed by atoms with Gasteiger partial charge in [0.1, 0.15) is 0 Å². The van der Waals surface area contributed by atoms with Gasteiger partial charge < -0.3 is 0 Å². The summed E-state index contributed by atoms with van der Waals surface area (Å²) in [6.07, 6.45) is 5.28. The van der Waals surface area contributed by atoms with Crippen LogP contribution in [0, 0.1) is 0 Å². The van der Waals surface area contributed by atoms with Gasteiger partial charge in [0, 0.05) is 66.8 Å². The molecular formula is C23H25FeN5. The normalized spacial score (nSPS) is 11.8. The van der Waals surface area contributed by atoms with E-state index in [4.69, 9.17) is 4.98 Å². The van der Waals surface area contributed by atoms with E-state index in [9.17, 15) is 0 Å². The molecule has 0 unspecified atom stereocenters. The first-order valence-electron chi connectivity index (χ1n) is 9.52. The topological polar surface area (TPSA) is 63.4 Å². The summed E-state index contributed by atoms with van der Waals surface area (Å²) >= 11 is 0. The Labute approximate surface area is 183 Å². The number of nitrogens with zero attached hydrogens (tertiary/aromatic N) is 5. The molecule has 150 valence electrons. The van der Waals surface area contributed by atoms with Gasteiger partial charge in [-0.1, -0.05) is 18.2 Å². The van der Waals surface area contributed by atoms with Crippen LogP contribution in [0.25, 0.3) is 0 Å². The third-order valence-corrected chi connectivity index (χ3v) is 4.38. The Kier molecular flexibility index (Phi) is 9.35. The zero-order valence-corrected chi connectivity index (χ0v) is 17.9. The summed E-state index contributed by atoms with van der Waals surface area (Å²) in [6, 6.07) is 17.9. The van der Waals surface area contributed by atoms with Crippen LogP contribution in [0.15, 0.2) is 77.0 Å². The summed E-state index contributed by atoms with van der Waals surface area (Å²) in [5.74, 6) is 0. The molecule has 0 bridgehead atoms. The van der Waals surface area contributed by atoms with E-state index < -0.39 is 0 Å². The molecule has 0 N–H and O–H groups in total. The van der Waals surface area contributed by atoms with Crippen molar-refractivity contribution in [1.82, 2.24) is 15.0 Å². The van der Waals surface area contributed by atoms with Gasteiger partial charge in [-0.15, -0.1) is 0 Å². The van der Waals surface area contributed by atoms with Crippen molar-refractivity contribution in [3.05, 3.63) is 89.8 Å². The molecule has 0 saturated heterocycles. The predicted octanol–water partition coefficient (Wildman–Crippen LogP) is 3.97. The third-order valence-electron chi connectivity index (χ3n) is 4.38. The average Bonchev–Trinajstić information content (AvgIpc) is 2.75. The van der Waals surface area contributed by atoms with Crippen LogP contribution >= 0.6 is 0 Å². The van der Waals surface area contributed by atoms with E-state index in [1.165, 1.54) is 0 Å². The third kappa shape index (κ3) is 7.33. The summed E-state index contributed by atoms with van der Waals surface area (Å²) in [5, 5.41) is 0. The second-order valence-electron chi connectivity index (χ2n) is 6.48. The van der Waals surface area contributed by atoms with E-state index in [2.05, 4.69) is 20.0 Å². The first-order chi connectivity index (χ1) is 13.7. The molecule has 0 fully saturated rings. The largest absolute Gasteiger partial charge is 0.287 e. The van der Waals surface area contributed by atoms with E-state index in [0.717, 1.165) is 47.0 Å². The van der Waals surface area contributed by atoms with Crippen molar-refractivity contribution < 1.29 is 17.1 Å². The fourth-order valence-electron chi connectivity index (χ4n) is 2.77. The SMILES string of the molecule is CC(=NCCc1ccccn1)c1cccc(C(C)=NCCc2ccccn2)n1.[Fe]. The fourth-order valence-corrected chi connectivity index (χ4v) is 2.77. The van der Waals surface area contributed by atoms with Crippen molar-refractivity contribution >= 4 is 11.4 Å². The van der Waals surface area contributed by atoms with E-state index >= 15 is 0 Å². The number of hydrogen-bond donors (Lipinski definition) is 0. The maximum Gasteiger partial charge on any atom is 0.0845 e. The monoisotopic (exact) mass is 427 g/mol. The molecule has 0 aromatic carbocycles. The van der Waals surface area contributed by atoms with Gasteiger partial charge in [0.15, 0.2) is 0 Å². The zero-order valence-electron chi connectivity index (χ0n) is 16.8. The summed E-state index contributed by atoms with van der Waals surface area (Å²) in [7, 11) is 0. The van der Waals surface area contributed by atoms with Gasteiger partial charge in [-0.2, -0.15) is 0 Å². The summed E-state index contributed by atoms with van der Waals surface area (Å²) < 4.78 is 0. The molecule has 5 nitrogen and oxygen atoms in total. The molecule has 3 aromatic rings. The maximum absolute atomic E-state index is 4.73. The van der Waals surface area contributed by atoms with E-state index in [-0.39, 0.29) is 17.1 Å². The van der Waals surface area contributed by atoms with Gasteiger partial charge in [-0.3, -0.25) is 20.0 Å². The first kappa shape index (κ1) is 22.6. The molecule has 3 aromatic heterocycles. The molecule has 0 saturated carbocycles. The number of pyridine rings is 3. The minimum atomic E-state index is 0. The molecule has 0 aliphatic carbocycles. The first-order valence-corrected chi connectivity index (χ1v) is 9.52. The van der Waals surface area contributed by atoms with Crippen molar-refractivity contribution in [3.63, 3.8) is 0 Å². The summed E-state index contributed by atoms with van der Waals surface area (Å²) in [5.41, 5.74) is 5.74. The molecule has 29 heavy (non-hydrogen) atoms. The molecule has 0 amide bonds. The Hall–Kier alpha value is -2.69. The Bertz CT molecular complexity index is 865. The van der Waals surface area contributed by atoms with Crippen molar-refractivity contribution in [2.24, 2.45) is 9.98 Å². The molecule has 3 rings (SSSR count). The molecular weight excluding hydrogens is 402 g/mol. The minimum absolute atomic E-state index is 0. The van der Waals surface area contributed by atoms with Crippen molar-refractivity contribution in [3.8, 4) is 0 Å². The molecule has 0 aliphatic rings. The van der Waals surface area contributed by atoms with Gasteiger partial charge in [0.25, 0.3) is 0 Å². The Morgan fingerprint density at radius 1 is 0.690 bits per heavy atom. The van der Waals surface area contributed by atoms with Crippen LogP contribution in [0.3, 0.4) is 0 Å². The minimum Gasteiger partial charge on any atom is -0.287 e. The molecule has 3 heterocycles. The van der Waals surface area contributed by atoms with Crippen LogP contribution in [-0.2, 0) is 29.9 Å². The van der Waals surface area contributed by atoms with Gasteiger partial charge >= 0.3 is 0 Å². The van der Waals surface area contributed by atoms with Crippen LogP contribution in [-0.4, -0.2) is 39.5 Å². The number of rotatable bonds is 8. The Morgan fingerprint density at radius 2 is 1.17 bits per heavy atom. The smallest absolute Gasteiger partial charge is 0.0845 e. The van der Waals surface area contributed by atoms with Gasteiger partial charge in [-0.25, -0.2) is 4.98 Å². The van der Waals surface area contributed by atoms with Gasteiger partial charge in [0.2, 0.25) is 0 Å². The van der Waals surface area contributed by atoms with Crippen LogP contribution < -0.4 is 0 Å². The summed E-state index contributed by atoms with van der Waals surface area (Å²) in [6.45, 7) is 5.40. The van der Waals surface area contributed by atoms with Crippen molar-refractivity contribution in [2.45, 2.75) is 26.7 Å². The summed E-state index contributed by atoms with van der Waals surface area (Å²) in [4.78, 5) is 22.7. The second-order valence-corrected chi connectivity index (χ2v) is 6.48. The maximum atomic E-state index is 4.73. The molecule has 0 radical (unpaired) electrons. The van der Waals surface area contributed by atoms with Crippen LogP contribution in [0.5, 0.6) is 0 Å². The molecule has 0 aliphatic heterocycles. The zero-order chi connectivity index (χ0) is 19.6. The van der Waals surface area contributed by atoms with Gasteiger partial charge in [-0.05, 0) is 50.2 Å². The Balaban J connectivity index is 0.00000300. The van der Waals surface area contributed by atoms with E-state index in [0.29, 0.717) is 13.1 Å². The van der Waals surface area contributed by atoms with Crippen LogP contribution in [0.2, 0.25) is 0 Å². The van der Waals surface area contributed by atoms with E-state index in [1.54, 1.807) is 0 Å². The standard InChI is InChI=1S/C23H25N5.Fe/c1-18(24-16-12-20-8-3-5-14-26-20)22-10-7-11-23(28-22)19(2)25-17-13-21-9-4-6-15-27-21;/h3-11,14-15H,12-13,16-17H2,1-2H3;. The molecule has 0 atom stereocenters. The number of aliphatic imine (C=N–C) groups is 2.